The molecule has 4 nitrogen and oxygen atoms in total. The molecule has 1 amide bonds. The second-order valence-electron chi connectivity index (χ2n) is 6.27. The zero-order chi connectivity index (χ0) is 17.9. The van der Waals surface area contributed by atoms with Gasteiger partial charge in [0.2, 0.25) is 5.91 Å². The monoisotopic (exact) mass is 379 g/mol. The topological polar surface area (TPSA) is 49.6 Å². The third kappa shape index (κ3) is 5.25. The van der Waals surface area contributed by atoms with E-state index in [1.807, 2.05) is 18.7 Å². The summed E-state index contributed by atoms with van der Waals surface area (Å²) in [6.07, 6.45) is -3.52. The molecule has 0 aliphatic carbocycles. The number of piperazine rings is 1. The molecule has 2 unspecified atom stereocenters. The lowest BCUT2D eigenvalue weighted by atomic mass is 9.98. The third-order valence-electron chi connectivity index (χ3n) is 4.67. The molecule has 0 radical (unpaired) electrons. The number of rotatable bonds is 4. The van der Waals surface area contributed by atoms with Gasteiger partial charge in [0.1, 0.15) is 0 Å². The maximum atomic E-state index is 12.8. The number of benzene rings is 1. The van der Waals surface area contributed by atoms with Gasteiger partial charge in [0.25, 0.3) is 0 Å². The molecule has 1 aromatic rings. The summed E-state index contributed by atoms with van der Waals surface area (Å²) >= 11 is 0. The average molecular weight is 380 g/mol. The van der Waals surface area contributed by atoms with E-state index in [0.717, 1.165) is 18.6 Å². The number of carbonyl (C=O) groups excluding carboxylic acids is 1. The number of halogens is 4. The number of carbonyl (C=O) groups is 1. The van der Waals surface area contributed by atoms with Crippen molar-refractivity contribution in [3.05, 3.63) is 29.8 Å². The molecule has 2 atom stereocenters. The maximum Gasteiger partial charge on any atom is 0.416 e. The van der Waals surface area contributed by atoms with Gasteiger partial charge in [0.15, 0.2) is 0 Å². The molecule has 2 N–H and O–H groups in total. The van der Waals surface area contributed by atoms with Crippen molar-refractivity contribution >= 4 is 24.0 Å². The Morgan fingerprint density at radius 1 is 1.24 bits per heavy atom. The van der Waals surface area contributed by atoms with Gasteiger partial charge >= 0.3 is 6.18 Å². The highest BCUT2D eigenvalue weighted by molar-refractivity contribution is 5.85. The first-order chi connectivity index (χ1) is 11.2. The van der Waals surface area contributed by atoms with Crippen LogP contribution in [-0.2, 0) is 11.0 Å². The van der Waals surface area contributed by atoms with Crippen molar-refractivity contribution in [2.24, 2.45) is 11.7 Å². The molecule has 0 aromatic heterocycles. The fraction of sp³-hybridized carbons (Fsp3) is 0.588. The van der Waals surface area contributed by atoms with Gasteiger partial charge in [-0.15, -0.1) is 12.4 Å². The van der Waals surface area contributed by atoms with E-state index in [4.69, 9.17) is 5.73 Å². The van der Waals surface area contributed by atoms with Crippen LogP contribution in [0, 0.1) is 5.92 Å². The summed E-state index contributed by atoms with van der Waals surface area (Å²) < 4.78 is 38.4. The van der Waals surface area contributed by atoms with E-state index in [-0.39, 0.29) is 24.2 Å². The van der Waals surface area contributed by atoms with Crippen LogP contribution in [0.5, 0.6) is 0 Å². The second-order valence-corrected chi connectivity index (χ2v) is 6.27. The highest BCUT2D eigenvalue weighted by atomic mass is 35.5. The average Bonchev–Trinajstić information content (AvgIpc) is 2.59. The van der Waals surface area contributed by atoms with E-state index in [2.05, 4.69) is 0 Å². The van der Waals surface area contributed by atoms with Crippen LogP contribution < -0.4 is 10.6 Å². The van der Waals surface area contributed by atoms with Gasteiger partial charge in [-0.1, -0.05) is 26.3 Å². The van der Waals surface area contributed by atoms with Crippen molar-refractivity contribution in [3.8, 4) is 0 Å². The molecular formula is C17H25ClF3N3O. The smallest absolute Gasteiger partial charge is 0.368 e. The minimum Gasteiger partial charge on any atom is -0.368 e. The predicted molar refractivity (Wildman–Crippen MR) is 94.9 cm³/mol. The lowest BCUT2D eigenvalue weighted by molar-refractivity contribution is -0.137. The van der Waals surface area contributed by atoms with Crippen molar-refractivity contribution < 1.29 is 18.0 Å². The predicted octanol–water partition coefficient (Wildman–Crippen LogP) is 3.15. The Labute approximate surface area is 152 Å². The van der Waals surface area contributed by atoms with E-state index in [0.29, 0.717) is 31.9 Å². The van der Waals surface area contributed by atoms with E-state index in [1.54, 1.807) is 11.0 Å². The van der Waals surface area contributed by atoms with Crippen molar-refractivity contribution in [2.75, 3.05) is 31.1 Å². The van der Waals surface area contributed by atoms with Crippen LogP contribution in [-0.4, -0.2) is 43.0 Å². The summed E-state index contributed by atoms with van der Waals surface area (Å²) in [5.41, 5.74) is 5.86. The van der Waals surface area contributed by atoms with Crippen molar-refractivity contribution in [1.29, 1.82) is 0 Å². The van der Waals surface area contributed by atoms with Gasteiger partial charge in [-0.3, -0.25) is 4.79 Å². The Balaban J connectivity index is 0.00000312. The summed E-state index contributed by atoms with van der Waals surface area (Å²) in [5, 5.41) is 0. The van der Waals surface area contributed by atoms with Crippen LogP contribution in [0.25, 0.3) is 0 Å². The Bertz CT molecular complexity index is 575. The molecule has 0 bridgehead atoms. The summed E-state index contributed by atoms with van der Waals surface area (Å²) in [6.45, 7) is 5.88. The summed E-state index contributed by atoms with van der Waals surface area (Å²) in [4.78, 5) is 15.9. The number of alkyl halides is 3. The van der Waals surface area contributed by atoms with Gasteiger partial charge < -0.3 is 15.5 Å². The zero-order valence-corrected chi connectivity index (χ0v) is 15.2. The van der Waals surface area contributed by atoms with Crippen molar-refractivity contribution in [2.45, 2.75) is 32.5 Å². The summed E-state index contributed by atoms with van der Waals surface area (Å²) in [6, 6.07) is 4.78. The molecule has 1 aliphatic rings. The minimum absolute atomic E-state index is 0. The van der Waals surface area contributed by atoms with Crippen LogP contribution in [0.2, 0.25) is 0 Å². The largest absolute Gasteiger partial charge is 0.416 e. The van der Waals surface area contributed by atoms with Gasteiger partial charge in [-0.25, -0.2) is 0 Å². The SMILES string of the molecule is CCC(C)C(N)C(=O)N1CCN(c2cccc(C(F)(F)F)c2)CC1.Cl. The van der Waals surface area contributed by atoms with Crippen LogP contribution in [0.1, 0.15) is 25.8 Å². The first-order valence-corrected chi connectivity index (χ1v) is 8.20. The Morgan fingerprint density at radius 3 is 2.36 bits per heavy atom. The summed E-state index contributed by atoms with van der Waals surface area (Å²) in [7, 11) is 0. The van der Waals surface area contributed by atoms with E-state index < -0.39 is 17.8 Å². The molecule has 0 saturated carbocycles. The molecule has 1 fully saturated rings. The standard InChI is InChI=1S/C17H24F3N3O.ClH/c1-3-12(2)15(21)16(24)23-9-7-22(8-10-23)14-6-4-5-13(11-14)17(18,19)20;/h4-6,11-12,15H,3,7-10,21H2,1-2H3;1H. The van der Waals surface area contributed by atoms with E-state index in [9.17, 15) is 18.0 Å². The summed E-state index contributed by atoms with van der Waals surface area (Å²) in [5.74, 6) is 0.0343. The number of hydrogen-bond acceptors (Lipinski definition) is 3. The molecule has 1 heterocycles. The Morgan fingerprint density at radius 2 is 1.84 bits per heavy atom. The van der Waals surface area contributed by atoms with Gasteiger partial charge in [-0.2, -0.15) is 13.2 Å². The van der Waals surface area contributed by atoms with Crippen molar-refractivity contribution in [1.82, 2.24) is 4.90 Å². The molecule has 2 rings (SSSR count). The quantitative estimate of drug-likeness (QED) is 0.874. The Hall–Kier alpha value is -1.47. The van der Waals surface area contributed by atoms with Crippen LogP contribution >= 0.6 is 12.4 Å². The van der Waals surface area contributed by atoms with Gasteiger partial charge in [0.05, 0.1) is 11.6 Å². The highest BCUT2D eigenvalue weighted by Gasteiger charge is 2.32. The van der Waals surface area contributed by atoms with Gasteiger partial charge in [0, 0.05) is 31.9 Å². The normalized spacial score (nSPS) is 17.7. The lowest BCUT2D eigenvalue weighted by Gasteiger charge is -2.38. The molecule has 1 aliphatic heterocycles. The van der Waals surface area contributed by atoms with E-state index >= 15 is 0 Å². The first kappa shape index (κ1) is 21.6. The molecule has 25 heavy (non-hydrogen) atoms. The third-order valence-corrected chi connectivity index (χ3v) is 4.67. The molecule has 1 saturated heterocycles. The molecule has 142 valence electrons. The number of nitrogens with zero attached hydrogens (tertiary/aromatic N) is 2. The first-order valence-electron chi connectivity index (χ1n) is 8.20. The van der Waals surface area contributed by atoms with Crippen LogP contribution in [0.3, 0.4) is 0 Å². The maximum absolute atomic E-state index is 12.8. The second kappa shape index (κ2) is 8.76. The Kier molecular flexibility index (Phi) is 7.56. The van der Waals surface area contributed by atoms with Crippen molar-refractivity contribution in [3.63, 3.8) is 0 Å². The van der Waals surface area contributed by atoms with Crippen LogP contribution in [0.4, 0.5) is 18.9 Å². The number of anilines is 1. The molecule has 0 spiro atoms. The minimum atomic E-state index is -4.35. The lowest BCUT2D eigenvalue weighted by Crippen LogP contribution is -2.54. The van der Waals surface area contributed by atoms with Crippen LogP contribution in [0.15, 0.2) is 24.3 Å². The fourth-order valence-electron chi connectivity index (χ4n) is 2.77. The van der Waals surface area contributed by atoms with Gasteiger partial charge in [-0.05, 0) is 24.1 Å². The van der Waals surface area contributed by atoms with E-state index in [1.165, 1.54) is 6.07 Å². The fourth-order valence-corrected chi connectivity index (χ4v) is 2.77. The molecule has 8 heteroatoms. The number of nitrogens with two attached hydrogens (primary N) is 1. The molecular weight excluding hydrogens is 355 g/mol. The number of amides is 1. The number of hydrogen-bond donors (Lipinski definition) is 1. The zero-order valence-electron chi connectivity index (χ0n) is 14.4. The highest BCUT2D eigenvalue weighted by Crippen LogP contribution is 2.31. The molecule has 1 aromatic carbocycles.